The van der Waals surface area contributed by atoms with Crippen LogP contribution < -0.4 is 15.5 Å². The number of anilines is 1. The minimum absolute atomic E-state index is 0.381. The maximum atomic E-state index is 12.5. The number of nitrogens with one attached hydrogen (secondary N) is 2. The number of aromatic nitrogens is 3. The first-order valence-electron chi connectivity index (χ1n) is 10.3. The Hall–Kier alpha value is -2.59. The highest BCUT2D eigenvalue weighted by Crippen LogP contribution is 2.27. The lowest BCUT2D eigenvalue weighted by molar-refractivity contribution is -0.119. The molecule has 0 aliphatic carbocycles. The second kappa shape index (κ2) is 10.1. The molecule has 1 unspecified atom stereocenters. The van der Waals surface area contributed by atoms with E-state index < -0.39 is 16.8 Å². The summed E-state index contributed by atoms with van der Waals surface area (Å²) in [5.41, 5.74) is 0.684. The van der Waals surface area contributed by atoms with Crippen molar-refractivity contribution in [1.29, 1.82) is 0 Å². The number of morpholine rings is 1. The van der Waals surface area contributed by atoms with Crippen LogP contribution in [0, 0.1) is 0 Å². The Bertz CT molecular complexity index is 890. The molecule has 1 aliphatic heterocycles. The van der Waals surface area contributed by atoms with Crippen LogP contribution in [0.4, 0.5) is 10.7 Å². The minimum Gasteiger partial charge on any atom is -0.378 e. The number of urea groups is 1. The smallest absolute Gasteiger partial charge is 0.321 e. The zero-order valence-corrected chi connectivity index (χ0v) is 19.2. The molecule has 2 aromatic rings. The fourth-order valence-electron chi connectivity index (χ4n) is 3.07. The lowest BCUT2D eigenvalue weighted by atomic mass is 10.1. The number of benzene rings is 1. The van der Waals surface area contributed by atoms with Crippen LogP contribution in [0.2, 0.25) is 0 Å². The average molecular weight is 447 g/mol. The average Bonchev–Trinajstić information content (AvgIpc) is 3.10. The number of hydrogen-bond acceptors (Lipinski definition) is 7. The lowest BCUT2D eigenvalue weighted by Gasteiger charge is -2.28. The number of carbonyl (C=O) groups excluding carboxylic acids is 2. The summed E-state index contributed by atoms with van der Waals surface area (Å²) in [6.07, 6.45) is 0. The summed E-state index contributed by atoms with van der Waals surface area (Å²) in [6, 6.07) is 9.54. The predicted molar refractivity (Wildman–Crippen MR) is 120 cm³/mol. The van der Waals surface area contributed by atoms with Gasteiger partial charge in [0.15, 0.2) is 5.16 Å². The molecule has 1 aliphatic rings. The van der Waals surface area contributed by atoms with Crippen LogP contribution in [0.3, 0.4) is 0 Å². The third-order valence-electron chi connectivity index (χ3n) is 4.55. The van der Waals surface area contributed by atoms with Crippen LogP contribution in [-0.4, -0.2) is 63.8 Å². The van der Waals surface area contributed by atoms with Gasteiger partial charge in [-0.25, -0.2) is 4.79 Å². The van der Waals surface area contributed by atoms with Crippen molar-refractivity contribution in [2.75, 3.05) is 31.2 Å². The second-order valence-corrected chi connectivity index (χ2v) is 9.72. The van der Waals surface area contributed by atoms with Gasteiger partial charge in [-0.2, -0.15) is 0 Å². The van der Waals surface area contributed by atoms with Crippen LogP contribution in [-0.2, 0) is 16.1 Å². The van der Waals surface area contributed by atoms with Crippen molar-refractivity contribution in [2.45, 2.75) is 50.2 Å². The predicted octanol–water partition coefficient (Wildman–Crippen LogP) is 2.27. The molecular weight excluding hydrogens is 416 g/mol. The van der Waals surface area contributed by atoms with E-state index in [1.165, 1.54) is 11.8 Å². The van der Waals surface area contributed by atoms with E-state index in [1.54, 1.807) is 6.92 Å². The molecule has 2 heterocycles. The zero-order valence-electron chi connectivity index (χ0n) is 18.4. The molecule has 3 amide bonds. The van der Waals surface area contributed by atoms with Crippen LogP contribution in [0.1, 0.15) is 33.3 Å². The van der Waals surface area contributed by atoms with Gasteiger partial charge in [0.05, 0.1) is 25.0 Å². The number of ether oxygens (including phenoxy) is 1. The van der Waals surface area contributed by atoms with E-state index >= 15 is 0 Å². The largest absolute Gasteiger partial charge is 0.378 e. The molecule has 1 aromatic carbocycles. The summed E-state index contributed by atoms with van der Waals surface area (Å²) in [5, 5.41) is 14.0. The van der Waals surface area contributed by atoms with Crippen molar-refractivity contribution in [3.63, 3.8) is 0 Å². The summed E-state index contributed by atoms with van der Waals surface area (Å²) >= 11 is 1.28. The Morgan fingerprint density at radius 3 is 2.48 bits per heavy atom. The SMILES string of the molecule is CC(Sc1nnc(N2CCOCC2)n1Cc1ccccc1)C(=O)NC(=O)NC(C)(C)C. The fraction of sp³-hybridized carbons (Fsp3) is 0.524. The van der Waals surface area contributed by atoms with E-state index in [1.807, 2.05) is 55.7 Å². The standard InChI is InChI=1S/C21H30N6O3S/c1-15(17(28)22-18(29)23-21(2,3)4)31-20-25-24-19(26-10-12-30-13-11-26)27(20)14-16-8-6-5-7-9-16/h5-9,15H,10-14H2,1-4H3,(H2,22,23,28,29). The van der Waals surface area contributed by atoms with Crippen molar-refractivity contribution in [1.82, 2.24) is 25.4 Å². The van der Waals surface area contributed by atoms with Gasteiger partial charge in [-0.3, -0.25) is 14.7 Å². The van der Waals surface area contributed by atoms with Crippen LogP contribution >= 0.6 is 11.8 Å². The summed E-state index contributed by atoms with van der Waals surface area (Å²) in [4.78, 5) is 26.7. The number of imide groups is 1. The quantitative estimate of drug-likeness (QED) is 0.657. The lowest BCUT2D eigenvalue weighted by Crippen LogP contribution is -2.49. The molecule has 1 aromatic heterocycles. The Kier molecular flexibility index (Phi) is 7.55. The molecule has 31 heavy (non-hydrogen) atoms. The Labute approximate surface area is 186 Å². The number of amides is 3. The highest BCUT2D eigenvalue weighted by molar-refractivity contribution is 8.00. The van der Waals surface area contributed by atoms with Crippen LogP contribution in [0.15, 0.2) is 35.5 Å². The van der Waals surface area contributed by atoms with Gasteiger partial charge in [0.2, 0.25) is 11.9 Å². The van der Waals surface area contributed by atoms with Crippen molar-refractivity contribution < 1.29 is 14.3 Å². The summed E-state index contributed by atoms with van der Waals surface area (Å²) in [5.74, 6) is 0.377. The van der Waals surface area contributed by atoms with Gasteiger partial charge in [-0.1, -0.05) is 42.1 Å². The van der Waals surface area contributed by atoms with Crippen molar-refractivity contribution in [3.8, 4) is 0 Å². The van der Waals surface area contributed by atoms with E-state index in [2.05, 4.69) is 25.7 Å². The third-order valence-corrected chi connectivity index (χ3v) is 5.63. The van der Waals surface area contributed by atoms with Gasteiger partial charge in [0.25, 0.3) is 0 Å². The highest BCUT2D eigenvalue weighted by atomic mass is 32.2. The maximum Gasteiger partial charge on any atom is 0.321 e. The van der Waals surface area contributed by atoms with Gasteiger partial charge < -0.3 is 15.0 Å². The number of nitrogens with zero attached hydrogens (tertiary/aromatic N) is 4. The van der Waals surface area contributed by atoms with E-state index in [9.17, 15) is 9.59 Å². The van der Waals surface area contributed by atoms with Crippen molar-refractivity contribution >= 4 is 29.6 Å². The molecule has 0 radical (unpaired) electrons. The van der Waals surface area contributed by atoms with Gasteiger partial charge in [-0.05, 0) is 33.3 Å². The zero-order chi connectivity index (χ0) is 22.4. The molecule has 10 heteroatoms. The van der Waals surface area contributed by atoms with Gasteiger partial charge >= 0.3 is 6.03 Å². The van der Waals surface area contributed by atoms with Gasteiger partial charge in [0, 0.05) is 18.6 Å². The molecule has 3 rings (SSSR count). The van der Waals surface area contributed by atoms with Crippen molar-refractivity contribution in [2.24, 2.45) is 0 Å². The monoisotopic (exact) mass is 446 g/mol. The highest BCUT2D eigenvalue weighted by Gasteiger charge is 2.25. The van der Waals surface area contributed by atoms with Gasteiger partial charge in [0.1, 0.15) is 0 Å². The Morgan fingerprint density at radius 2 is 1.84 bits per heavy atom. The number of thioether (sulfide) groups is 1. The Balaban J connectivity index is 1.75. The normalized spacial score (nSPS) is 15.4. The maximum absolute atomic E-state index is 12.5. The van der Waals surface area contributed by atoms with Crippen molar-refractivity contribution in [3.05, 3.63) is 35.9 Å². The Morgan fingerprint density at radius 1 is 1.16 bits per heavy atom. The molecule has 168 valence electrons. The van der Waals surface area contributed by atoms with Crippen LogP contribution in [0.25, 0.3) is 0 Å². The molecule has 1 atom stereocenters. The fourth-order valence-corrected chi connectivity index (χ4v) is 3.91. The molecule has 0 bridgehead atoms. The second-order valence-electron chi connectivity index (χ2n) is 8.41. The first-order valence-corrected chi connectivity index (χ1v) is 11.2. The molecular formula is C21H30N6O3S. The number of hydrogen-bond donors (Lipinski definition) is 2. The topological polar surface area (TPSA) is 101 Å². The molecule has 1 saturated heterocycles. The van der Waals surface area contributed by atoms with E-state index in [0.717, 1.165) is 24.6 Å². The molecule has 2 N–H and O–H groups in total. The molecule has 0 spiro atoms. The molecule has 1 fully saturated rings. The first-order chi connectivity index (χ1) is 14.7. The first kappa shape index (κ1) is 23.1. The van der Waals surface area contributed by atoms with Crippen LogP contribution in [0.5, 0.6) is 0 Å². The minimum atomic E-state index is -0.526. The van der Waals surface area contributed by atoms with E-state index in [0.29, 0.717) is 24.9 Å². The van der Waals surface area contributed by atoms with E-state index in [-0.39, 0.29) is 5.91 Å². The van der Waals surface area contributed by atoms with E-state index in [4.69, 9.17) is 4.74 Å². The molecule has 9 nitrogen and oxygen atoms in total. The summed E-state index contributed by atoms with van der Waals surface area (Å²) in [7, 11) is 0. The summed E-state index contributed by atoms with van der Waals surface area (Å²) in [6.45, 7) is 10.7. The number of rotatable bonds is 6. The third kappa shape index (κ3) is 6.70. The number of carbonyl (C=O) groups is 2. The van der Waals surface area contributed by atoms with Gasteiger partial charge in [-0.15, -0.1) is 10.2 Å². The molecule has 0 saturated carbocycles. The summed E-state index contributed by atoms with van der Waals surface area (Å²) < 4.78 is 7.48.